The molecule has 3 aromatic rings. The van der Waals surface area contributed by atoms with Crippen LogP contribution in [0.2, 0.25) is 0 Å². The van der Waals surface area contributed by atoms with E-state index < -0.39 is 15.9 Å². The van der Waals surface area contributed by atoms with Gasteiger partial charge in [0.1, 0.15) is 0 Å². The second kappa shape index (κ2) is 7.05. The van der Waals surface area contributed by atoms with Gasteiger partial charge in [0.05, 0.1) is 16.8 Å². The fourth-order valence-electron chi connectivity index (χ4n) is 2.49. The van der Waals surface area contributed by atoms with Crippen molar-refractivity contribution >= 4 is 27.3 Å². The first-order valence-electron chi connectivity index (χ1n) is 7.91. The van der Waals surface area contributed by atoms with E-state index >= 15 is 0 Å². The van der Waals surface area contributed by atoms with Gasteiger partial charge in [0.2, 0.25) is 0 Å². The van der Waals surface area contributed by atoms with Crippen molar-refractivity contribution in [2.75, 3.05) is 10.0 Å². The maximum absolute atomic E-state index is 12.6. The van der Waals surface area contributed by atoms with Gasteiger partial charge < -0.3 is 9.73 Å². The fraction of sp³-hybridized carbons (Fsp3) is 0.105. The molecule has 6 nitrogen and oxygen atoms in total. The van der Waals surface area contributed by atoms with Crippen molar-refractivity contribution in [2.24, 2.45) is 0 Å². The van der Waals surface area contributed by atoms with E-state index in [0.717, 1.165) is 11.1 Å². The van der Waals surface area contributed by atoms with Crippen LogP contribution in [0.1, 0.15) is 21.7 Å². The molecule has 1 amide bonds. The first-order valence-corrected chi connectivity index (χ1v) is 9.39. The Balaban J connectivity index is 1.78. The molecule has 2 N–H and O–H groups in total. The summed E-state index contributed by atoms with van der Waals surface area (Å²) in [6, 6.07) is 14.7. The second-order valence-electron chi connectivity index (χ2n) is 5.83. The zero-order valence-electron chi connectivity index (χ0n) is 14.3. The van der Waals surface area contributed by atoms with E-state index in [1.165, 1.54) is 30.5 Å². The van der Waals surface area contributed by atoms with Gasteiger partial charge in [-0.2, -0.15) is 0 Å². The summed E-state index contributed by atoms with van der Waals surface area (Å²) in [4.78, 5) is 12.0. The van der Waals surface area contributed by atoms with Crippen LogP contribution in [0.25, 0.3) is 0 Å². The van der Waals surface area contributed by atoms with Gasteiger partial charge in [-0.1, -0.05) is 18.2 Å². The molecular formula is C19H18N2O4S. The predicted molar refractivity (Wildman–Crippen MR) is 99.8 cm³/mol. The first kappa shape index (κ1) is 17.8. The number of sulfonamides is 1. The van der Waals surface area contributed by atoms with E-state index in [-0.39, 0.29) is 10.7 Å². The molecule has 3 rings (SSSR count). The van der Waals surface area contributed by atoms with E-state index in [9.17, 15) is 13.2 Å². The van der Waals surface area contributed by atoms with Crippen molar-refractivity contribution in [2.45, 2.75) is 18.7 Å². The van der Waals surface area contributed by atoms with Crippen molar-refractivity contribution in [3.05, 3.63) is 77.7 Å². The highest BCUT2D eigenvalue weighted by atomic mass is 32.2. The average Bonchev–Trinajstić information content (AvgIpc) is 3.14. The molecule has 0 aliphatic carbocycles. The van der Waals surface area contributed by atoms with E-state index in [4.69, 9.17) is 4.42 Å². The lowest BCUT2D eigenvalue weighted by atomic mass is 10.1. The number of hydrogen-bond donors (Lipinski definition) is 2. The quantitative estimate of drug-likeness (QED) is 0.712. The SMILES string of the molecule is Cc1cccc(C)c1NS(=O)(=O)c1ccc(NC(=O)c2ccco2)cc1. The molecule has 1 aromatic heterocycles. The molecule has 134 valence electrons. The number of rotatable bonds is 5. The Bertz CT molecular complexity index is 1000. The van der Waals surface area contributed by atoms with Crippen molar-refractivity contribution in [3.63, 3.8) is 0 Å². The number of nitrogens with one attached hydrogen (secondary N) is 2. The van der Waals surface area contributed by atoms with Crippen LogP contribution in [0.5, 0.6) is 0 Å². The summed E-state index contributed by atoms with van der Waals surface area (Å²) < 4.78 is 32.9. The van der Waals surface area contributed by atoms with Gasteiger partial charge in [-0.25, -0.2) is 8.42 Å². The lowest BCUT2D eigenvalue weighted by molar-refractivity contribution is 0.0996. The molecule has 2 aromatic carbocycles. The summed E-state index contributed by atoms with van der Waals surface area (Å²) in [5, 5.41) is 2.64. The maximum Gasteiger partial charge on any atom is 0.291 e. The van der Waals surface area contributed by atoms with E-state index in [0.29, 0.717) is 11.4 Å². The second-order valence-corrected chi connectivity index (χ2v) is 7.51. The molecule has 0 saturated carbocycles. The summed E-state index contributed by atoms with van der Waals surface area (Å²) in [6.07, 6.45) is 1.41. The number of carbonyl (C=O) groups is 1. The van der Waals surface area contributed by atoms with Gasteiger partial charge in [0, 0.05) is 5.69 Å². The Labute approximate surface area is 151 Å². The van der Waals surface area contributed by atoms with Crippen LogP contribution in [-0.4, -0.2) is 14.3 Å². The number of aryl methyl sites for hydroxylation is 2. The number of para-hydroxylation sites is 1. The van der Waals surface area contributed by atoms with Gasteiger partial charge in [-0.05, 0) is 61.4 Å². The fourth-order valence-corrected chi connectivity index (χ4v) is 3.69. The lowest BCUT2D eigenvalue weighted by Gasteiger charge is -2.13. The van der Waals surface area contributed by atoms with Crippen LogP contribution in [0.15, 0.2) is 70.2 Å². The van der Waals surface area contributed by atoms with Crippen LogP contribution in [0, 0.1) is 13.8 Å². The first-order chi connectivity index (χ1) is 12.4. The summed E-state index contributed by atoms with van der Waals surface area (Å²) in [6.45, 7) is 3.69. The van der Waals surface area contributed by atoms with E-state index in [2.05, 4.69) is 10.0 Å². The van der Waals surface area contributed by atoms with Crippen LogP contribution in [0.4, 0.5) is 11.4 Å². The van der Waals surface area contributed by atoms with Gasteiger partial charge >= 0.3 is 0 Å². The average molecular weight is 370 g/mol. The molecule has 0 saturated heterocycles. The van der Waals surface area contributed by atoms with E-state index in [1.54, 1.807) is 12.1 Å². The van der Waals surface area contributed by atoms with Gasteiger partial charge in [0.15, 0.2) is 5.76 Å². The number of anilines is 2. The highest BCUT2D eigenvalue weighted by Crippen LogP contribution is 2.24. The Kier molecular flexibility index (Phi) is 4.81. The highest BCUT2D eigenvalue weighted by Gasteiger charge is 2.17. The molecule has 0 fully saturated rings. The smallest absolute Gasteiger partial charge is 0.291 e. The Morgan fingerprint density at radius 2 is 1.58 bits per heavy atom. The zero-order valence-corrected chi connectivity index (χ0v) is 15.1. The van der Waals surface area contributed by atoms with Crippen molar-refractivity contribution in [1.82, 2.24) is 0 Å². The number of hydrogen-bond acceptors (Lipinski definition) is 4. The molecule has 0 radical (unpaired) electrons. The maximum atomic E-state index is 12.6. The van der Waals surface area contributed by atoms with Crippen molar-refractivity contribution in [1.29, 1.82) is 0 Å². The topological polar surface area (TPSA) is 88.4 Å². The predicted octanol–water partition coefficient (Wildman–Crippen LogP) is 3.95. The molecule has 0 unspecified atom stereocenters. The molecule has 1 heterocycles. The van der Waals surface area contributed by atoms with Crippen LogP contribution in [-0.2, 0) is 10.0 Å². The van der Waals surface area contributed by atoms with Gasteiger partial charge in [0.25, 0.3) is 15.9 Å². The largest absolute Gasteiger partial charge is 0.459 e. The standard InChI is InChI=1S/C19H18N2O4S/c1-13-5-3-6-14(2)18(13)21-26(23,24)16-10-8-15(9-11-16)20-19(22)17-7-4-12-25-17/h3-12,21H,1-2H3,(H,20,22). The van der Waals surface area contributed by atoms with E-state index in [1.807, 2.05) is 32.0 Å². The molecule has 0 aliphatic rings. The lowest BCUT2D eigenvalue weighted by Crippen LogP contribution is -2.15. The number of benzene rings is 2. The Morgan fingerprint density at radius 3 is 2.15 bits per heavy atom. The normalized spacial score (nSPS) is 11.2. The van der Waals surface area contributed by atoms with Crippen LogP contribution < -0.4 is 10.0 Å². The minimum Gasteiger partial charge on any atom is -0.459 e. The van der Waals surface area contributed by atoms with Gasteiger partial charge in [-0.15, -0.1) is 0 Å². The monoisotopic (exact) mass is 370 g/mol. The molecule has 0 atom stereocenters. The third-order valence-corrected chi connectivity index (χ3v) is 5.25. The Hall–Kier alpha value is -3.06. The highest BCUT2D eigenvalue weighted by molar-refractivity contribution is 7.92. The molecule has 0 aliphatic heterocycles. The number of furan rings is 1. The Morgan fingerprint density at radius 1 is 0.923 bits per heavy atom. The third kappa shape index (κ3) is 3.78. The van der Waals surface area contributed by atoms with Crippen molar-refractivity contribution in [3.8, 4) is 0 Å². The van der Waals surface area contributed by atoms with Crippen LogP contribution in [0.3, 0.4) is 0 Å². The summed E-state index contributed by atoms with van der Waals surface area (Å²) >= 11 is 0. The molecule has 0 bridgehead atoms. The van der Waals surface area contributed by atoms with Crippen LogP contribution >= 0.6 is 0 Å². The summed E-state index contributed by atoms with van der Waals surface area (Å²) in [5.74, 6) is -0.224. The molecule has 0 spiro atoms. The summed E-state index contributed by atoms with van der Waals surface area (Å²) in [5.41, 5.74) is 2.73. The van der Waals surface area contributed by atoms with Gasteiger partial charge in [-0.3, -0.25) is 9.52 Å². The minimum atomic E-state index is -3.73. The molecule has 26 heavy (non-hydrogen) atoms. The minimum absolute atomic E-state index is 0.108. The number of carbonyl (C=O) groups excluding carboxylic acids is 1. The summed E-state index contributed by atoms with van der Waals surface area (Å²) in [7, 11) is -3.73. The van der Waals surface area contributed by atoms with Crippen molar-refractivity contribution < 1.29 is 17.6 Å². The molecule has 7 heteroatoms. The third-order valence-electron chi connectivity index (χ3n) is 3.89. The zero-order chi connectivity index (χ0) is 18.7. The molecular weight excluding hydrogens is 352 g/mol. The number of amides is 1.